The van der Waals surface area contributed by atoms with Crippen molar-refractivity contribution in [2.75, 3.05) is 0 Å². The number of nitrogens with zero attached hydrogens (tertiary/aromatic N) is 2. The third kappa shape index (κ3) is 1.98. The molecule has 2 nitrogen and oxygen atoms in total. The fraction of sp³-hybridized carbons (Fsp3) is 0.214. The maximum Gasteiger partial charge on any atom is 0.113 e. The monoisotopic (exact) mass is 242 g/mol. The lowest BCUT2D eigenvalue weighted by atomic mass is 10.2. The van der Waals surface area contributed by atoms with Gasteiger partial charge in [-0.05, 0) is 37.4 Å². The molecular formula is C14H14N2S. The van der Waals surface area contributed by atoms with Gasteiger partial charge in [0, 0.05) is 22.8 Å². The summed E-state index contributed by atoms with van der Waals surface area (Å²) in [5.74, 6) is 0. The van der Waals surface area contributed by atoms with E-state index in [1.54, 1.807) is 11.3 Å². The summed E-state index contributed by atoms with van der Waals surface area (Å²) in [5.41, 5.74) is 3.70. The normalized spacial score (nSPS) is 11.2. The van der Waals surface area contributed by atoms with Crippen LogP contribution < -0.4 is 0 Å². The van der Waals surface area contributed by atoms with E-state index >= 15 is 0 Å². The zero-order valence-corrected chi connectivity index (χ0v) is 10.8. The number of rotatable bonds is 2. The summed E-state index contributed by atoms with van der Waals surface area (Å²) in [6.07, 6.45) is 2.14. The molecule has 0 radical (unpaired) electrons. The Kier molecular flexibility index (Phi) is 2.48. The van der Waals surface area contributed by atoms with Gasteiger partial charge < -0.3 is 4.57 Å². The van der Waals surface area contributed by atoms with Crippen LogP contribution in [0.25, 0.3) is 10.9 Å². The predicted molar refractivity (Wildman–Crippen MR) is 72.6 cm³/mol. The van der Waals surface area contributed by atoms with Crippen LogP contribution in [0.5, 0.6) is 0 Å². The van der Waals surface area contributed by atoms with Crippen molar-refractivity contribution in [3.05, 3.63) is 52.1 Å². The van der Waals surface area contributed by atoms with Gasteiger partial charge in [-0.1, -0.05) is 11.6 Å². The van der Waals surface area contributed by atoms with Gasteiger partial charge in [-0.15, -0.1) is 11.3 Å². The average Bonchev–Trinajstić information content (AvgIpc) is 2.86. The molecule has 0 fully saturated rings. The fourth-order valence-corrected chi connectivity index (χ4v) is 2.85. The number of fused-ring (bicyclic) bond motifs is 1. The minimum atomic E-state index is 0.866. The highest BCUT2D eigenvalue weighted by Crippen LogP contribution is 2.19. The van der Waals surface area contributed by atoms with Crippen LogP contribution in [0.1, 0.15) is 16.3 Å². The van der Waals surface area contributed by atoms with Gasteiger partial charge in [0.1, 0.15) is 5.01 Å². The molecule has 1 aromatic carbocycles. The van der Waals surface area contributed by atoms with E-state index in [4.69, 9.17) is 0 Å². The molecule has 3 rings (SSSR count). The topological polar surface area (TPSA) is 17.8 Å². The van der Waals surface area contributed by atoms with Gasteiger partial charge in [-0.2, -0.15) is 0 Å². The van der Waals surface area contributed by atoms with Crippen LogP contribution in [0.4, 0.5) is 0 Å². The summed E-state index contributed by atoms with van der Waals surface area (Å²) >= 11 is 1.73. The van der Waals surface area contributed by atoms with Crippen molar-refractivity contribution >= 4 is 22.2 Å². The third-order valence-electron chi connectivity index (χ3n) is 2.90. The Morgan fingerprint density at radius 1 is 1.24 bits per heavy atom. The first kappa shape index (κ1) is 10.5. The molecule has 0 aliphatic rings. The van der Waals surface area contributed by atoms with Gasteiger partial charge in [0.05, 0.1) is 6.54 Å². The van der Waals surface area contributed by atoms with Crippen LogP contribution in [0.3, 0.4) is 0 Å². The molecule has 0 aliphatic carbocycles. The van der Waals surface area contributed by atoms with Crippen molar-refractivity contribution in [1.29, 1.82) is 0 Å². The lowest BCUT2D eigenvalue weighted by Gasteiger charge is -2.02. The molecule has 0 spiro atoms. The Balaban J connectivity index is 2.00. The van der Waals surface area contributed by atoms with E-state index in [0.717, 1.165) is 12.2 Å². The Morgan fingerprint density at radius 3 is 2.88 bits per heavy atom. The maximum absolute atomic E-state index is 4.51. The minimum Gasteiger partial charge on any atom is -0.341 e. The van der Waals surface area contributed by atoms with E-state index in [0.29, 0.717) is 0 Å². The highest BCUT2D eigenvalue weighted by molar-refractivity contribution is 7.09. The van der Waals surface area contributed by atoms with Crippen LogP contribution in [-0.2, 0) is 6.54 Å². The number of thiazole rings is 1. The van der Waals surface area contributed by atoms with Crippen LogP contribution in [0, 0.1) is 13.8 Å². The van der Waals surface area contributed by atoms with E-state index in [9.17, 15) is 0 Å². The van der Waals surface area contributed by atoms with Gasteiger partial charge in [0.2, 0.25) is 0 Å². The van der Waals surface area contributed by atoms with Crippen molar-refractivity contribution in [1.82, 2.24) is 9.55 Å². The second-order valence-electron chi connectivity index (χ2n) is 4.39. The molecule has 2 heterocycles. The van der Waals surface area contributed by atoms with Crippen LogP contribution in [0.15, 0.2) is 35.8 Å². The third-order valence-corrected chi connectivity index (χ3v) is 3.85. The summed E-state index contributed by atoms with van der Waals surface area (Å²) in [5, 5.41) is 4.57. The SMILES string of the molecule is Cc1ccc2c(ccn2Cc2nc(C)cs2)c1. The lowest BCUT2D eigenvalue weighted by molar-refractivity contribution is 0.824. The summed E-state index contributed by atoms with van der Waals surface area (Å²) in [4.78, 5) is 4.51. The summed E-state index contributed by atoms with van der Waals surface area (Å²) < 4.78 is 2.26. The summed E-state index contributed by atoms with van der Waals surface area (Å²) in [6, 6.07) is 8.73. The molecule has 0 aliphatic heterocycles. The van der Waals surface area contributed by atoms with Crippen LogP contribution >= 0.6 is 11.3 Å². The largest absolute Gasteiger partial charge is 0.341 e. The maximum atomic E-state index is 4.51. The predicted octanol–water partition coefficient (Wildman–Crippen LogP) is 3.76. The second-order valence-corrected chi connectivity index (χ2v) is 5.33. The zero-order chi connectivity index (χ0) is 11.8. The molecule has 17 heavy (non-hydrogen) atoms. The van der Waals surface area contributed by atoms with Gasteiger partial charge >= 0.3 is 0 Å². The zero-order valence-electron chi connectivity index (χ0n) is 9.97. The molecule has 0 atom stereocenters. The van der Waals surface area contributed by atoms with E-state index in [1.807, 2.05) is 6.92 Å². The molecular weight excluding hydrogens is 228 g/mol. The molecule has 86 valence electrons. The molecule has 3 aromatic rings. The van der Waals surface area contributed by atoms with E-state index < -0.39 is 0 Å². The molecule has 0 saturated carbocycles. The Bertz CT molecular complexity index is 664. The van der Waals surface area contributed by atoms with Crippen molar-refractivity contribution in [2.45, 2.75) is 20.4 Å². The second kappa shape index (κ2) is 4.00. The number of hydrogen-bond donors (Lipinski definition) is 0. The fourth-order valence-electron chi connectivity index (χ4n) is 2.08. The highest BCUT2D eigenvalue weighted by atomic mass is 32.1. The molecule has 0 saturated heterocycles. The number of aromatic nitrogens is 2. The van der Waals surface area contributed by atoms with E-state index in [1.165, 1.54) is 21.5 Å². The standard InChI is InChI=1S/C14H14N2S/c1-10-3-4-13-12(7-10)5-6-16(13)8-14-15-11(2)9-17-14/h3-7,9H,8H2,1-2H3. The summed E-state index contributed by atoms with van der Waals surface area (Å²) in [7, 11) is 0. The smallest absolute Gasteiger partial charge is 0.113 e. The van der Waals surface area contributed by atoms with E-state index in [2.05, 4.69) is 52.3 Å². The molecule has 0 amide bonds. The lowest BCUT2D eigenvalue weighted by Crippen LogP contribution is -1.97. The quantitative estimate of drug-likeness (QED) is 0.669. The van der Waals surface area contributed by atoms with Gasteiger partial charge in [-0.3, -0.25) is 0 Å². The first-order valence-electron chi connectivity index (χ1n) is 5.69. The van der Waals surface area contributed by atoms with Gasteiger partial charge in [0.25, 0.3) is 0 Å². The Hall–Kier alpha value is -1.61. The van der Waals surface area contributed by atoms with Crippen molar-refractivity contribution in [3.63, 3.8) is 0 Å². The summed E-state index contributed by atoms with van der Waals surface area (Å²) in [6.45, 7) is 5.03. The number of benzene rings is 1. The first-order valence-corrected chi connectivity index (χ1v) is 6.57. The van der Waals surface area contributed by atoms with Crippen molar-refractivity contribution in [2.24, 2.45) is 0 Å². The van der Waals surface area contributed by atoms with Crippen molar-refractivity contribution in [3.8, 4) is 0 Å². The van der Waals surface area contributed by atoms with Crippen molar-refractivity contribution < 1.29 is 0 Å². The molecule has 0 bridgehead atoms. The molecule has 2 aromatic heterocycles. The highest BCUT2D eigenvalue weighted by Gasteiger charge is 2.04. The first-order chi connectivity index (χ1) is 8.22. The average molecular weight is 242 g/mol. The molecule has 0 N–H and O–H groups in total. The van der Waals surface area contributed by atoms with Crippen LogP contribution in [0.2, 0.25) is 0 Å². The van der Waals surface area contributed by atoms with Gasteiger partial charge in [0.15, 0.2) is 0 Å². The molecule has 0 unspecified atom stereocenters. The Morgan fingerprint density at radius 2 is 2.12 bits per heavy atom. The van der Waals surface area contributed by atoms with Crippen LogP contribution in [-0.4, -0.2) is 9.55 Å². The Labute approximate surface area is 105 Å². The van der Waals surface area contributed by atoms with E-state index in [-0.39, 0.29) is 0 Å². The minimum absolute atomic E-state index is 0.866. The molecule has 3 heteroatoms. The number of aryl methyl sites for hydroxylation is 2. The number of hydrogen-bond acceptors (Lipinski definition) is 2. The van der Waals surface area contributed by atoms with Gasteiger partial charge in [-0.25, -0.2) is 4.98 Å².